The molecule has 2 aliphatic heterocycles. The average Bonchev–Trinajstić information content (AvgIpc) is 3.31. The number of hydrogen-bond donors (Lipinski definition) is 0. The molecule has 0 aromatic carbocycles. The molecule has 0 radical (unpaired) electrons. The topological polar surface area (TPSA) is 78.0 Å². The van der Waals surface area contributed by atoms with Crippen LogP contribution in [0.2, 0.25) is 0 Å². The zero-order valence-electron chi connectivity index (χ0n) is 18.7. The van der Waals surface area contributed by atoms with Gasteiger partial charge in [0.25, 0.3) is 5.91 Å². The fraction of sp³-hybridized carbons (Fsp3) is 0.391. The number of rotatable bonds is 7. The molecule has 9 heteroatoms. The van der Waals surface area contributed by atoms with E-state index in [0.29, 0.717) is 21.4 Å². The molecule has 0 N–H and O–H groups in total. The van der Waals surface area contributed by atoms with Gasteiger partial charge in [-0.1, -0.05) is 50.3 Å². The van der Waals surface area contributed by atoms with Crippen molar-refractivity contribution in [1.82, 2.24) is 9.88 Å². The first kappa shape index (κ1) is 24.0. The number of hydrogen-bond acceptors (Lipinski definition) is 8. The lowest BCUT2D eigenvalue weighted by atomic mass is 9.98. The number of methoxy groups -OCH3 is 1. The summed E-state index contributed by atoms with van der Waals surface area (Å²) in [7, 11) is 1.32. The van der Waals surface area contributed by atoms with Crippen LogP contribution < -0.4 is 0 Å². The Balaban J connectivity index is 1.81. The summed E-state index contributed by atoms with van der Waals surface area (Å²) < 4.78 is 16.0. The van der Waals surface area contributed by atoms with E-state index in [1.807, 2.05) is 45.9 Å². The molecule has 1 aromatic rings. The second kappa shape index (κ2) is 10.3. The lowest BCUT2D eigenvalue weighted by molar-refractivity contribution is -0.150. The molecule has 32 heavy (non-hydrogen) atoms. The second-order valence-corrected chi connectivity index (χ2v) is 9.21. The third-order valence-electron chi connectivity index (χ3n) is 5.40. The lowest BCUT2D eigenvalue weighted by Crippen LogP contribution is -2.48. The summed E-state index contributed by atoms with van der Waals surface area (Å²) in [6, 6.07) is 3.02. The number of thioether (sulfide) groups is 1. The number of amides is 1. The Bertz CT molecular complexity index is 1010. The maximum Gasteiger partial charge on any atom is 0.329 e. The predicted octanol–water partition coefficient (Wildman–Crippen LogP) is 4.51. The first-order valence-electron chi connectivity index (χ1n) is 10.2. The van der Waals surface area contributed by atoms with Crippen molar-refractivity contribution in [2.45, 2.75) is 40.2 Å². The highest BCUT2D eigenvalue weighted by atomic mass is 32.2. The molecule has 0 saturated carbocycles. The van der Waals surface area contributed by atoms with Gasteiger partial charge in [0.05, 0.1) is 17.7 Å². The zero-order chi connectivity index (χ0) is 23.4. The van der Waals surface area contributed by atoms with E-state index >= 15 is 0 Å². The van der Waals surface area contributed by atoms with Crippen molar-refractivity contribution in [2.24, 2.45) is 5.92 Å². The average molecular weight is 475 g/mol. The molecule has 0 aliphatic carbocycles. The van der Waals surface area contributed by atoms with Crippen LogP contribution in [0.3, 0.4) is 0 Å². The summed E-state index contributed by atoms with van der Waals surface area (Å²) in [5.41, 5.74) is 2.47. The molecule has 0 spiro atoms. The van der Waals surface area contributed by atoms with Crippen molar-refractivity contribution in [2.75, 3.05) is 13.9 Å². The van der Waals surface area contributed by atoms with Crippen LogP contribution in [0.5, 0.6) is 0 Å². The number of esters is 1. The first-order valence-corrected chi connectivity index (χ1v) is 11.4. The highest BCUT2D eigenvalue weighted by Crippen LogP contribution is 2.36. The number of aromatic nitrogens is 1. The predicted molar refractivity (Wildman–Crippen MR) is 128 cm³/mol. The van der Waals surface area contributed by atoms with E-state index in [2.05, 4.69) is 4.98 Å². The van der Waals surface area contributed by atoms with Gasteiger partial charge in [-0.15, -0.1) is 0 Å². The Labute approximate surface area is 197 Å². The molecule has 3 rings (SSSR count). The highest BCUT2D eigenvalue weighted by Gasteiger charge is 2.43. The molecule has 1 saturated heterocycles. The molecule has 2 atom stereocenters. The van der Waals surface area contributed by atoms with Gasteiger partial charge in [-0.05, 0) is 49.1 Å². The van der Waals surface area contributed by atoms with E-state index in [1.54, 1.807) is 12.3 Å². The number of allylic oxidation sites excluding steroid dienone is 3. The maximum absolute atomic E-state index is 13.1. The van der Waals surface area contributed by atoms with Crippen LogP contribution in [0.15, 0.2) is 40.8 Å². The fourth-order valence-electron chi connectivity index (χ4n) is 3.30. The number of carbonyl (C=O) groups excluding carboxylic acids is 2. The largest absolute Gasteiger partial charge is 0.467 e. The van der Waals surface area contributed by atoms with Crippen molar-refractivity contribution in [3.05, 3.63) is 52.1 Å². The Hall–Kier alpha value is -2.65. The maximum atomic E-state index is 13.1. The molecular weight excluding hydrogens is 448 g/mol. The highest BCUT2D eigenvalue weighted by molar-refractivity contribution is 8.26. The van der Waals surface area contributed by atoms with Crippen molar-refractivity contribution in [3.8, 4) is 0 Å². The Morgan fingerprint density at radius 2 is 2.16 bits per heavy atom. The van der Waals surface area contributed by atoms with Gasteiger partial charge >= 0.3 is 5.97 Å². The second-order valence-electron chi connectivity index (χ2n) is 7.54. The van der Waals surface area contributed by atoms with Crippen LogP contribution >= 0.6 is 24.0 Å². The van der Waals surface area contributed by atoms with Gasteiger partial charge in [0, 0.05) is 6.20 Å². The SMILES string of the molecule is CCC(C)C(C(=O)OC)N1C(=O)C(=Cc2ccc(C(C)=CC3=C(C)OCO3)nc2)SC1=S. The van der Waals surface area contributed by atoms with E-state index in [4.69, 9.17) is 26.4 Å². The number of pyridine rings is 1. The van der Waals surface area contributed by atoms with Crippen molar-refractivity contribution in [3.63, 3.8) is 0 Å². The molecule has 0 bridgehead atoms. The van der Waals surface area contributed by atoms with Gasteiger partial charge in [-0.3, -0.25) is 14.7 Å². The van der Waals surface area contributed by atoms with Gasteiger partial charge in [0.2, 0.25) is 6.79 Å². The molecule has 1 amide bonds. The van der Waals surface area contributed by atoms with E-state index in [0.717, 1.165) is 22.6 Å². The van der Waals surface area contributed by atoms with Crippen molar-refractivity contribution in [1.29, 1.82) is 0 Å². The smallest absolute Gasteiger partial charge is 0.329 e. The Kier molecular flexibility index (Phi) is 7.73. The zero-order valence-corrected chi connectivity index (χ0v) is 20.3. The standard InChI is InChI=1S/C23H26N2O5S2/c1-6-13(2)20(22(27)28-5)25-21(26)19(32-23(25)31)10-16-7-8-17(24-11-16)14(3)9-18-15(4)29-12-30-18/h7-11,13,20H,6,12H2,1-5H3. The first-order chi connectivity index (χ1) is 15.3. The van der Waals surface area contributed by atoms with Crippen molar-refractivity contribution >= 4 is 51.8 Å². The summed E-state index contributed by atoms with van der Waals surface area (Å²) >= 11 is 6.60. The molecule has 2 unspecified atom stereocenters. The summed E-state index contributed by atoms with van der Waals surface area (Å²) in [5.74, 6) is 0.584. The monoisotopic (exact) mass is 474 g/mol. The van der Waals surface area contributed by atoms with E-state index in [-0.39, 0.29) is 18.6 Å². The van der Waals surface area contributed by atoms with Crippen LogP contribution in [0.1, 0.15) is 45.4 Å². The number of ether oxygens (including phenoxy) is 3. The molecule has 1 fully saturated rings. The Morgan fingerprint density at radius 1 is 1.41 bits per heavy atom. The minimum Gasteiger partial charge on any atom is -0.467 e. The quantitative estimate of drug-likeness (QED) is 0.325. The molecular formula is C23H26N2O5S2. The minimum atomic E-state index is -0.740. The lowest BCUT2D eigenvalue weighted by Gasteiger charge is -2.28. The molecule has 7 nitrogen and oxygen atoms in total. The molecule has 3 heterocycles. The molecule has 2 aliphatic rings. The van der Waals surface area contributed by atoms with Gasteiger partial charge in [0.15, 0.2) is 5.76 Å². The third kappa shape index (κ3) is 5.05. The summed E-state index contributed by atoms with van der Waals surface area (Å²) in [4.78, 5) is 31.8. The summed E-state index contributed by atoms with van der Waals surface area (Å²) in [6.07, 6.45) is 6.03. The number of nitrogens with zero attached hydrogens (tertiary/aromatic N) is 2. The summed E-state index contributed by atoms with van der Waals surface area (Å²) in [5, 5.41) is 0. The minimum absolute atomic E-state index is 0.0898. The van der Waals surface area contributed by atoms with E-state index in [1.165, 1.54) is 23.8 Å². The van der Waals surface area contributed by atoms with Gasteiger partial charge in [-0.25, -0.2) is 4.79 Å². The normalized spacial score (nSPS) is 19.8. The van der Waals surface area contributed by atoms with E-state index < -0.39 is 12.0 Å². The van der Waals surface area contributed by atoms with Crippen molar-refractivity contribution < 1.29 is 23.8 Å². The number of thiocarbonyl (C=S) groups is 1. The Morgan fingerprint density at radius 3 is 2.72 bits per heavy atom. The van der Waals surface area contributed by atoms with E-state index in [9.17, 15) is 9.59 Å². The van der Waals surface area contributed by atoms with Crippen LogP contribution in [-0.2, 0) is 23.8 Å². The van der Waals surface area contributed by atoms with Crippen LogP contribution in [0.4, 0.5) is 0 Å². The molecule has 1 aromatic heterocycles. The van der Waals surface area contributed by atoms with Gasteiger partial charge in [-0.2, -0.15) is 0 Å². The van der Waals surface area contributed by atoms with Crippen LogP contribution in [0, 0.1) is 5.92 Å². The molecule has 170 valence electrons. The van der Waals surface area contributed by atoms with Gasteiger partial charge in [0.1, 0.15) is 16.1 Å². The number of carbonyl (C=O) groups is 2. The fourth-order valence-corrected chi connectivity index (χ4v) is 4.63. The van der Waals surface area contributed by atoms with Crippen LogP contribution in [0.25, 0.3) is 11.6 Å². The third-order valence-corrected chi connectivity index (χ3v) is 6.73. The summed E-state index contributed by atoms with van der Waals surface area (Å²) in [6.45, 7) is 7.88. The van der Waals surface area contributed by atoms with Crippen LogP contribution in [-0.4, -0.2) is 46.0 Å². The van der Waals surface area contributed by atoms with Gasteiger partial charge < -0.3 is 14.2 Å².